The summed E-state index contributed by atoms with van der Waals surface area (Å²) in [6, 6.07) is 8.09. The van der Waals surface area contributed by atoms with Gasteiger partial charge >= 0.3 is 0 Å². The molecule has 136 valence electrons. The lowest BCUT2D eigenvalue weighted by Gasteiger charge is -2.11. The van der Waals surface area contributed by atoms with Crippen molar-refractivity contribution in [2.75, 3.05) is 5.32 Å². The van der Waals surface area contributed by atoms with Crippen molar-refractivity contribution in [3.05, 3.63) is 51.9 Å². The number of hydrogen-bond donors (Lipinski definition) is 1. The van der Waals surface area contributed by atoms with Crippen molar-refractivity contribution < 1.29 is 13.6 Å². The first-order valence-electron chi connectivity index (χ1n) is 7.79. The highest BCUT2D eigenvalue weighted by molar-refractivity contribution is 7.99. The number of aromatic nitrogens is 2. The van der Waals surface area contributed by atoms with Gasteiger partial charge in [-0.2, -0.15) is 8.78 Å². The van der Waals surface area contributed by atoms with Crippen LogP contribution in [0.2, 0.25) is 0 Å². The van der Waals surface area contributed by atoms with E-state index >= 15 is 0 Å². The van der Waals surface area contributed by atoms with E-state index < -0.39 is 11.7 Å². The van der Waals surface area contributed by atoms with Crippen LogP contribution in [-0.4, -0.2) is 21.2 Å². The molecule has 0 aliphatic carbocycles. The summed E-state index contributed by atoms with van der Waals surface area (Å²) < 4.78 is 26.4. The standard InChI is InChI=1S/C17H15F2N3O2S2/c1-2-10-7-11-15(25-10)20-9-22(16(11)24)8-14(23)21-12-5-3-4-6-13(12)26-17(18)19/h3-7,9,17H,2,8H2,1H3,(H,21,23). The summed E-state index contributed by atoms with van der Waals surface area (Å²) >= 11 is 1.81. The highest BCUT2D eigenvalue weighted by Gasteiger charge is 2.14. The quantitative estimate of drug-likeness (QED) is 0.642. The van der Waals surface area contributed by atoms with Crippen molar-refractivity contribution in [1.82, 2.24) is 9.55 Å². The van der Waals surface area contributed by atoms with E-state index in [2.05, 4.69) is 10.3 Å². The Labute approximate surface area is 156 Å². The van der Waals surface area contributed by atoms with Crippen LogP contribution in [0.4, 0.5) is 14.5 Å². The van der Waals surface area contributed by atoms with Gasteiger partial charge in [0.1, 0.15) is 11.4 Å². The molecular weight excluding hydrogens is 380 g/mol. The zero-order valence-corrected chi connectivity index (χ0v) is 15.4. The molecule has 0 unspecified atom stereocenters. The lowest BCUT2D eigenvalue weighted by molar-refractivity contribution is -0.116. The van der Waals surface area contributed by atoms with Gasteiger partial charge in [0, 0.05) is 9.77 Å². The monoisotopic (exact) mass is 395 g/mol. The normalized spacial score (nSPS) is 11.2. The second kappa shape index (κ2) is 7.96. The largest absolute Gasteiger partial charge is 0.324 e. The number of halogens is 2. The molecule has 0 fully saturated rings. The van der Waals surface area contributed by atoms with Crippen LogP contribution in [0.25, 0.3) is 10.2 Å². The lowest BCUT2D eigenvalue weighted by Crippen LogP contribution is -2.27. The molecule has 0 saturated heterocycles. The number of benzene rings is 1. The number of carbonyl (C=O) groups is 1. The molecule has 0 aliphatic heterocycles. The summed E-state index contributed by atoms with van der Waals surface area (Å²) in [6.45, 7) is 1.75. The maximum atomic E-state index is 12.6. The number of fused-ring (bicyclic) bond motifs is 1. The molecule has 0 radical (unpaired) electrons. The van der Waals surface area contributed by atoms with Gasteiger partial charge in [-0.3, -0.25) is 14.2 Å². The SMILES string of the molecule is CCc1cc2c(=O)n(CC(=O)Nc3ccccc3SC(F)F)cnc2s1. The molecule has 1 aromatic carbocycles. The number of para-hydroxylation sites is 1. The van der Waals surface area contributed by atoms with Crippen LogP contribution in [0.5, 0.6) is 0 Å². The van der Waals surface area contributed by atoms with Crippen molar-refractivity contribution in [3.8, 4) is 0 Å². The third kappa shape index (κ3) is 4.10. The van der Waals surface area contributed by atoms with E-state index in [1.54, 1.807) is 24.3 Å². The van der Waals surface area contributed by atoms with Crippen molar-refractivity contribution in [2.45, 2.75) is 30.5 Å². The first-order valence-corrected chi connectivity index (χ1v) is 9.49. The molecule has 0 aliphatic rings. The van der Waals surface area contributed by atoms with Gasteiger partial charge in [0.05, 0.1) is 17.4 Å². The van der Waals surface area contributed by atoms with E-state index in [1.807, 2.05) is 6.92 Å². The summed E-state index contributed by atoms with van der Waals surface area (Å²) in [7, 11) is 0. The number of anilines is 1. The van der Waals surface area contributed by atoms with Crippen molar-refractivity contribution in [3.63, 3.8) is 0 Å². The fraction of sp³-hybridized carbons (Fsp3) is 0.235. The summed E-state index contributed by atoms with van der Waals surface area (Å²) in [5.74, 6) is -3.07. The minimum atomic E-state index is -2.59. The summed E-state index contributed by atoms with van der Waals surface area (Å²) in [6.07, 6.45) is 2.14. The fourth-order valence-electron chi connectivity index (χ4n) is 2.41. The summed E-state index contributed by atoms with van der Waals surface area (Å²) in [5, 5.41) is 3.06. The number of carbonyl (C=O) groups excluding carboxylic acids is 1. The molecule has 0 bridgehead atoms. The number of nitrogens with one attached hydrogen (secondary N) is 1. The zero-order valence-electron chi connectivity index (χ0n) is 13.7. The third-order valence-electron chi connectivity index (χ3n) is 3.61. The van der Waals surface area contributed by atoms with Crippen LogP contribution in [0.1, 0.15) is 11.8 Å². The Kier molecular flexibility index (Phi) is 5.67. The number of rotatable bonds is 6. The first-order chi connectivity index (χ1) is 12.5. The van der Waals surface area contributed by atoms with Gasteiger partial charge in [0.25, 0.3) is 11.3 Å². The van der Waals surface area contributed by atoms with Gasteiger partial charge in [0.15, 0.2) is 0 Å². The Morgan fingerprint density at radius 3 is 2.88 bits per heavy atom. The highest BCUT2D eigenvalue weighted by Crippen LogP contribution is 2.31. The average molecular weight is 395 g/mol. The van der Waals surface area contributed by atoms with Gasteiger partial charge in [0.2, 0.25) is 5.91 Å². The molecule has 3 aromatic rings. The molecule has 2 aromatic heterocycles. The molecule has 1 N–H and O–H groups in total. The van der Waals surface area contributed by atoms with Gasteiger partial charge in [-0.15, -0.1) is 11.3 Å². The van der Waals surface area contributed by atoms with E-state index in [0.717, 1.165) is 11.3 Å². The number of amides is 1. The molecule has 0 spiro atoms. The second-order valence-electron chi connectivity index (χ2n) is 5.39. The predicted molar refractivity (Wildman–Crippen MR) is 100 cm³/mol. The number of hydrogen-bond acceptors (Lipinski definition) is 5. The van der Waals surface area contributed by atoms with Crippen LogP contribution < -0.4 is 10.9 Å². The predicted octanol–water partition coefficient (Wildman–Crippen LogP) is 3.97. The molecule has 2 heterocycles. The summed E-state index contributed by atoms with van der Waals surface area (Å²) in [5.41, 5.74) is -0.00923. The maximum absolute atomic E-state index is 12.6. The summed E-state index contributed by atoms with van der Waals surface area (Å²) in [4.78, 5) is 31.0. The van der Waals surface area contributed by atoms with Crippen LogP contribution in [-0.2, 0) is 17.8 Å². The average Bonchev–Trinajstić information content (AvgIpc) is 3.03. The minimum Gasteiger partial charge on any atom is -0.324 e. The van der Waals surface area contributed by atoms with Crippen molar-refractivity contribution in [2.24, 2.45) is 0 Å². The third-order valence-corrected chi connectivity index (χ3v) is 5.58. The van der Waals surface area contributed by atoms with Crippen molar-refractivity contribution >= 4 is 44.9 Å². The van der Waals surface area contributed by atoms with E-state index in [9.17, 15) is 18.4 Å². The smallest absolute Gasteiger partial charge is 0.288 e. The highest BCUT2D eigenvalue weighted by atomic mass is 32.2. The molecule has 9 heteroatoms. The number of alkyl halides is 2. The van der Waals surface area contributed by atoms with E-state index in [4.69, 9.17) is 0 Å². The number of thiophene rings is 1. The topological polar surface area (TPSA) is 64.0 Å². The van der Waals surface area contributed by atoms with Crippen molar-refractivity contribution in [1.29, 1.82) is 0 Å². The molecule has 0 saturated carbocycles. The molecular formula is C17H15F2N3O2S2. The lowest BCUT2D eigenvalue weighted by atomic mass is 10.3. The molecule has 26 heavy (non-hydrogen) atoms. The molecule has 3 rings (SSSR count). The Bertz CT molecular complexity index is 1000. The Morgan fingerprint density at radius 1 is 1.38 bits per heavy atom. The molecule has 0 atom stereocenters. The van der Waals surface area contributed by atoms with Crippen LogP contribution >= 0.6 is 23.1 Å². The minimum absolute atomic E-state index is 0.243. The van der Waals surface area contributed by atoms with Crippen LogP contribution in [0, 0.1) is 0 Å². The number of aryl methyl sites for hydroxylation is 1. The van der Waals surface area contributed by atoms with E-state index in [-0.39, 0.29) is 22.7 Å². The Hall–Kier alpha value is -2.26. The first kappa shape index (κ1) is 18.5. The van der Waals surface area contributed by atoms with Crippen LogP contribution in [0.3, 0.4) is 0 Å². The van der Waals surface area contributed by atoms with Gasteiger partial charge in [-0.1, -0.05) is 30.8 Å². The molecule has 5 nitrogen and oxygen atoms in total. The zero-order chi connectivity index (χ0) is 18.7. The van der Waals surface area contributed by atoms with Crippen LogP contribution in [0.15, 0.2) is 46.3 Å². The van der Waals surface area contributed by atoms with Gasteiger partial charge in [-0.05, 0) is 24.6 Å². The second-order valence-corrected chi connectivity index (χ2v) is 7.53. The van der Waals surface area contributed by atoms with E-state index in [1.165, 1.54) is 28.3 Å². The molecule has 1 amide bonds. The Morgan fingerprint density at radius 2 is 2.15 bits per heavy atom. The number of nitrogens with zero attached hydrogens (tertiary/aromatic N) is 2. The Balaban J connectivity index is 1.80. The fourth-order valence-corrected chi connectivity index (χ4v) is 3.93. The van der Waals surface area contributed by atoms with E-state index in [0.29, 0.717) is 22.0 Å². The maximum Gasteiger partial charge on any atom is 0.288 e. The van der Waals surface area contributed by atoms with Gasteiger partial charge in [-0.25, -0.2) is 4.98 Å². The number of thioether (sulfide) groups is 1. The van der Waals surface area contributed by atoms with Gasteiger partial charge < -0.3 is 5.32 Å².